The van der Waals surface area contributed by atoms with Crippen molar-refractivity contribution in [3.8, 4) is 0 Å². The molecule has 0 bridgehead atoms. The van der Waals surface area contributed by atoms with Crippen LogP contribution in [-0.4, -0.2) is 15.6 Å². The molecule has 2 fully saturated rings. The fourth-order valence-electron chi connectivity index (χ4n) is 3.71. The highest BCUT2D eigenvalue weighted by atomic mass is 32.2. The number of aryl methyl sites for hydroxylation is 2. The average molecular weight is 366 g/mol. The van der Waals surface area contributed by atoms with Crippen LogP contribution in [0.3, 0.4) is 0 Å². The summed E-state index contributed by atoms with van der Waals surface area (Å²) < 4.78 is 2.29. The molecule has 1 aliphatic carbocycles. The van der Waals surface area contributed by atoms with Crippen LogP contribution in [0.2, 0.25) is 0 Å². The second-order valence-corrected chi connectivity index (χ2v) is 8.19. The Hall–Kier alpha value is -2.27. The Labute approximate surface area is 158 Å². The minimum absolute atomic E-state index is 0.0771. The van der Waals surface area contributed by atoms with Crippen molar-refractivity contribution in [1.82, 2.24) is 9.88 Å². The molecule has 1 N–H and O–H groups in total. The third kappa shape index (κ3) is 3.78. The zero-order valence-electron chi connectivity index (χ0n) is 15.2. The standard InChI is InChI=1S/C21H23N3OS/c1-14-9-15(2)11-17(10-14)22-21-23-20(25)19(26-21)12-16-7-8-24(13-16)18-5-3-4-6-18/h7-13,18H,3-6H2,1-2H3,(H,22,23,25)/b19-12+. The summed E-state index contributed by atoms with van der Waals surface area (Å²) in [6.45, 7) is 4.11. The van der Waals surface area contributed by atoms with Gasteiger partial charge < -0.3 is 9.88 Å². The average Bonchev–Trinajstić information content (AvgIpc) is 3.29. The number of thioether (sulfide) groups is 1. The smallest absolute Gasteiger partial charge is 0.264 e. The van der Waals surface area contributed by atoms with Crippen LogP contribution < -0.4 is 5.32 Å². The van der Waals surface area contributed by atoms with Crippen LogP contribution in [0.25, 0.3) is 6.08 Å². The van der Waals surface area contributed by atoms with Gasteiger partial charge in [0.05, 0.1) is 10.6 Å². The topological polar surface area (TPSA) is 46.4 Å². The molecule has 0 spiro atoms. The van der Waals surface area contributed by atoms with Gasteiger partial charge in [-0.05, 0) is 79.4 Å². The van der Waals surface area contributed by atoms with E-state index in [-0.39, 0.29) is 5.91 Å². The Morgan fingerprint density at radius 2 is 1.92 bits per heavy atom. The molecule has 0 atom stereocenters. The lowest BCUT2D eigenvalue weighted by atomic mass is 10.1. The first-order chi connectivity index (χ1) is 12.6. The monoisotopic (exact) mass is 365 g/mol. The van der Waals surface area contributed by atoms with Gasteiger partial charge in [0.25, 0.3) is 5.91 Å². The summed E-state index contributed by atoms with van der Waals surface area (Å²) in [6, 6.07) is 8.86. The highest BCUT2D eigenvalue weighted by molar-refractivity contribution is 8.18. The first kappa shape index (κ1) is 17.2. The van der Waals surface area contributed by atoms with E-state index < -0.39 is 0 Å². The molecule has 1 amide bonds. The molecule has 1 saturated heterocycles. The van der Waals surface area contributed by atoms with Gasteiger partial charge in [0, 0.05) is 18.4 Å². The van der Waals surface area contributed by atoms with Crippen LogP contribution in [0.5, 0.6) is 0 Å². The molecule has 5 heteroatoms. The summed E-state index contributed by atoms with van der Waals surface area (Å²) in [7, 11) is 0. The minimum Gasteiger partial charge on any atom is -0.351 e. The molecule has 0 unspecified atom stereocenters. The van der Waals surface area contributed by atoms with Gasteiger partial charge in [0.15, 0.2) is 5.17 Å². The number of rotatable bonds is 3. The lowest BCUT2D eigenvalue weighted by molar-refractivity contribution is -0.115. The molecular formula is C21H23N3OS. The molecule has 134 valence electrons. The Kier molecular flexibility index (Phi) is 4.72. The van der Waals surface area contributed by atoms with E-state index >= 15 is 0 Å². The lowest BCUT2D eigenvalue weighted by Crippen LogP contribution is -2.19. The Bertz CT molecular complexity index is 883. The molecule has 4 nitrogen and oxygen atoms in total. The van der Waals surface area contributed by atoms with Crippen molar-refractivity contribution >= 4 is 34.6 Å². The number of amides is 1. The van der Waals surface area contributed by atoms with Gasteiger partial charge in [-0.25, -0.2) is 4.99 Å². The summed E-state index contributed by atoms with van der Waals surface area (Å²) in [6.07, 6.45) is 11.4. The Balaban J connectivity index is 1.52. The SMILES string of the molecule is Cc1cc(C)cc(N=C2NC(=O)/C(=C\c3ccn(C4CCCC4)c3)S2)c1. The van der Waals surface area contributed by atoms with Crippen LogP contribution >= 0.6 is 11.8 Å². The van der Waals surface area contributed by atoms with Crippen molar-refractivity contribution in [2.24, 2.45) is 4.99 Å². The molecule has 4 rings (SSSR count). The van der Waals surface area contributed by atoms with Crippen molar-refractivity contribution in [3.05, 3.63) is 58.3 Å². The van der Waals surface area contributed by atoms with Crippen LogP contribution in [0.15, 0.2) is 46.6 Å². The van der Waals surface area contributed by atoms with E-state index in [0.717, 1.165) is 11.3 Å². The van der Waals surface area contributed by atoms with Gasteiger partial charge >= 0.3 is 0 Å². The van der Waals surface area contributed by atoms with Crippen molar-refractivity contribution in [2.75, 3.05) is 0 Å². The number of carbonyl (C=O) groups excluding carboxylic acids is 1. The van der Waals surface area contributed by atoms with Gasteiger partial charge in [-0.2, -0.15) is 0 Å². The minimum atomic E-state index is -0.0771. The maximum atomic E-state index is 12.3. The second-order valence-electron chi connectivity index (χ2n) is 7.16. The van der Waals surface area contributed by atoms with Crippen molar-refractivity contribution in [2.45, 2.75) is 45.6 Å². The maximum absolute atomic E-state index is 12.3. The lowest BCUT2D eigenvalue weighted by Gasteiger charge is -2.10. The quantitative estimate of drug-likeness (QED) is 0.768. The molecule has 1 saturated carbocycles. The second kappa shape index (κ2) is 7.16. The zero-order chi connectivity index (χ0) is 18.1. The first-order valence-corrected chi connectivity index (χ1v) is 9.94. The van der Waals surface area contributed by atoms with Gasteiger partial charge in [-0.3, -0.25) is 4.79 Å². The van der Waals surface area contributed by atoms with Crippen LogP contribution in [0.1, 0.15) is 48.4 Å². The van der Waals surface area contributed by atoms with E-state index in [4.69, 9.17) is 0 Å². The predicted octanol–water partition coefficient (Wildman–Crippen LogP) is 5.11. The third-order valence-corrected chi connectivity index (χ3v) is 5.78. The summed E-state index contributed by atoms with van der Waals surface area (Å²) >= 11 is 1.40. The van der Waals surface area contributed by atoms with Crippen LogP contribution in [0.4, 0.5) is 5.69 Å². The predicted molar refractivity (Wildman–Crippen MR) is 109 cm³/mol. The molecule has 2 heterocycles. The van der Waals surface area contributed by atoms with E-state index in [9.17, 15) is 4.79 Å². The molecular weight excluding hydrogens is 342 g/mol. The highest BCUT2D eigenvalue weighted by Gasteiger charge is 2.24. The molecule has 0 radical (unpaired) electrons. The Morgan fingerprint density at radius 1 is 1.19 bits per heavy atom. The first-order valence-electron chi connectivity index (χ1n) is 9.12. The number of nitrogens with one attached hydrogen (secondary N) is 1. The number of nitrogens with zero attached hydrogens (tertiary/aromatic N) is 2. The van der Waals surface area contributed by atoms with Gasteiger partial charge in [-0.1, -0.05) is 18.9 Å². The fourth-order valence-corrected chi connectivity index (χ4v) is 4.55. The molecule has 1 aromatic carbocycles. The third-order valence-electron chi connectivity index (χ3n) is 4.87. The van der Waals surface area contributed by atoms with Gasteiger partial charge in [-0.15, -0.1) is 0 Å². The van der Waals surface area contributed by atoms with E-state index in [1.54, 1.807) is 0 Å². The zero-order valence-corrected chi connectivity index (χ0v) is 16.0. The Morgan fingerprint density at radius 3 is 2.65 bits per heavy atom. The van der Waals surface area contributed by atoms with Crippen LogP contribution in [-0.2, 0) is 4.79 Å². The van der Waals surface area contributed by atoms with Crippen LogP contribution in [0, 0.1) is 13.8 Å². The molecule has 2 aliphatic rings. The number of hydrogen-bond acceptors (Lipinski definition) is 3. The molecule has 1 aromatic heterocycles. The summed E-state index contributed by atoms with van der Waals surface area (Å²) in [5, 5.41) is 3.51. The largest absolute Gasteiger partial charge is 0.351 e. The highest BCUT2D eigenvalue weighted by Crippen LogP contribution is 2.32. The number of aromatic nitrogens is 1. The van der Waals surface area contributed by atoms with Crippen molar-refractivity contribution < 1.29 is 4.79 Å². The summed E-state index contributed by atoms with van der Waals surface area (Å²) in [5.74, 6) is -0.0771. The van der Waals surface area contributed by atoms with Gasteiger partial charge in [0.1, 0.15) is 0 Å². The van der Waals surface area contributed by atoms with E-state index in [0.29, 0.717) is 16.1 Å². The van der Waals surface area contributed by atoms with E-state index in [1.165, 1.54) is 48.6 Å². The van der Waals surface area contributed by atoms with E-state index in [2.05, 4.69) is 53.3 Å². The number of hydrogen-bond donors (Lipinski definition) is 1. The number of amidine groups is 1. The maximum Gasteiger partial charge on any atom is 0.264 e. The number of benzene rings is 1. The molecule has 26 heavy (non-hydrogen) atoms. The number of aliphatic imine (C=N–C) groups is 1. The number of carbonyl (C=O) groups is 1. The van der Waals surface area contributed by atoms with Crippen molar-refractivity contribution in [3.63, 3.8) is 0 Å². The van der Waals surface area contributed by atoms with Gasteiger partial charge in [0.2, 0.25) is 0 Å². The molecule has 1 aliphatic heterocycles. The van der Waals surface area contributed by atoms with E-state index in [1.807, 2.05) is 18.2 Å². The molecule has 2 aromatic rings. The normalized spacial score (nSPS) is 21.1. The fraction of sp³-hybridized carbons (Fsp3) is 0.333. The summed E-state index contributed by atoms with van der Waals surface area (Å²) in [5.41, 5.74) is 4.28. The van der Waals surface area contributed by atoms with Crippen molar-refractivity contribution in [1.29, 1.82) is 0 Å². The summed E-state index contributed by atoms with van der Waals surface area (Å²) in [4.78, 5) is 17.6.